The molecule has 2 aliphatic rings. The topological polar surface area (TPSA) is 16.4 Å². The van der Waals surface area contributed by atoms with Gasteiger partial charge in [-0.25, -0.2) is 0 Å². The minimum absolute atomic E-state index is 0.454. The summed E-state index contributed by atoms with van der Waals surface area (Å²) in [6, 6.07) is 74.2. The van der Waals surface area contributed by atoms with E-state index in [0.717, 1.165) is 63.0 Å². The van der Waals surface area contributed by atoms with Gasteiger partial charge >= 0.3 is 0 Å². The number of nitrogens with zero attached hydrogens (tertiary/aromatic N) is 1. The molecule has 0 unspecified atom stereocenters. The van der Waals surface area contributed by atoms with Gasteiger partial charge in [0.2, 0.25) is 0 Å². The van der Waals surface area contributed by atoms with E-state index < -0.39 is 5.41 Å². The van der Waals surface area contributed by atoms with Gasteiger partial charge < -0.3 is 9.32 Å². The van der Waals surface area contributed by atoms with E-state index in [1.54, 1.807) is 0 Å². The van der Waals surface area contributed by atoms with Crippen LogP contribution < -0.4 is 4.90 Å². The highest BCUT2D eigenvalue weighted by Crippen LogP contribution is 2.65. The molecule has 0 atom stereocenters. The second-order valence-corrected chi connectivity index (χ2v) is 16.4. The van der Waals surface area contributed by atoms with Crippen LogP contribution >= 0.6 is 0 Å². The van der Waals surface area contributed by atoms with Gasteiger partial charge in [0.05, 0.1) is 16.8 Å². The molecule has 0 bridgehead atoms. The normalized spacial score (nSPS) is 13.0. The maximum absolute atomic E-state index is 6.49. The Labute approximate surface area is 357 Å². The molecule has 2 heteroatoms. The Balaban J connectivity index is 1.17. The largest absolute Gasteiger partial charge is 0.456 e. The van der Waals surface area contributed by atoms with Crippen molar-refractivity contribution in [3.8, 4) is 44.5 Å². The fourth-order valence-electron chi connectivity index (χ4n) is 11.0. The molecule has 290 valence electrons. The predicted molar refractivity (Wildman–Crippen MR) is 254 cm³/mol. The molecule has 1 spiro atoms. The molecule has 0 radical (unpaired) electrons. The summed E-state index contributed by atoms with van der Waals surface area (Å²) in [5.41, 5.74) is 22.8. The molecular formula is C59H43NO. The van der Waals surface area contributed by atoms with Crippen molar-refractivity contribution in [2.75, 3.05) is 4.90 Å². The van der Waals surface area contributed by atoms with E-state index in [1.165, 1.54) is 66.8 Å². The number of aryl methyl sites for hydroxylation is 2. The molecule has 0 saturated carbocycles. The lowest BCUT2D eigenvalue weighted by atomic mass is 9.70. The summed E-state index contributed by atoms with van der Waals surface area (Å²) in [6.45, 7) is 4.54. The molecule has 1 heterocycles. The molecule has 1 aromatic heterocycles. The SMILES string of the molecule is CCc1ccccc1-c1ccc(N(c2ccccc2-c2cccc3oc4ccccc4c23)c2cccc3c2-c2ccccc2C32c3ccccc3-c3ccccc32)cc1CC. The van der Waals surface area contributed by atoms with Crippen molar-refractivity contribution < 1.29 is 4.42 Å². The lowest BCUT2D eigenvalue weighted by Gasteiger charge is -2.32. The van der Waals surface area contributed by atoms with Crippen LogP contribution in [0.4, 0.5) is 17.1 Å². The van der Waals surface area contributed by atoms with Gasteiger partial charge in [0.1, 0.15) is 11.2 Å². The minimum atomic E-state index is -0.454. The van der Waals surface area contributed by atoms with E-state index in [1.807, 2.05) is 0 Å². The van der Waals surface area contributed by atoms with Crippen LogP contribution in [0.5, 0.6) is 0 Å². The molecule has 0 amide bonds. The molecule has 2 nitrogen and oxygen atoms in total. The van der Waals surface area contributed by atoms with Crippen molar-refractivity contribution in [2.45, 2.75) is 32.1 Å². The molecular weight excluding hydrogens is 739 g/mol. The van der Waals surface area contributed by atoms with Gasteiger partial charge in [-0.1, -0.05) is 178 Å². The molecule has 0 saturated heterocycles. The molecule has 10 aromatic rings. The first-order chi connectivity index (χ1) is 30.2. The molecule has 12 rings (SSSR count). The van der Waals surface area contributed by atoms with Crippen molar-refractivity contribution in [3.05, 3.63) is 234 Å². The zero-order valence-electron chi connectivity index (χ0n) is 34.3. The highest BCUT2D eigenvalue weighted by atomic mass is 16.3. The summed E-state index contributed by atoms with van der Waals surface area (Å²) >= 11 is 0. The molecule has 0 N–H and O–H groups in total. The van der Waals surface area contributed by atoms with Crippen molar-refractivity contribution in [2.24, 2.45) is 0 Å². The Morgan fingerprint density at radius 3 is 1.67 bits per heavy atom. The van der Waals surface area contributed by atoms with Crippen LogP contribution in [-0.4, -0.2) is 0 Å². The van der Waals surface area contributed by atoms with Crippen LogP contribution in [-0.2, 0) is 18.3 Å². The first-order valence-corrected chi connectivity index (χ1v) is 21.6. The molecule has 2 aliphatic carbocycles. The van der Waals surface area contributed by atoms with Crippen LogP contribution in [0.15, 0.2) is 205 Å². The molecule has 61 heavy (non-hydrogen) atoms. The number of hydrogen-bond donors (Lipinski definition) is 0. The van der Waals surface area contributed by atoms with Gasteiger partial charge in [0.15, 0.2) is 0 Å². The fraction of sp³-hybridized carbons (Fsp3) is 0.0847. The van der Waals surface area contributed by atoms with Gasteiger partial charge in [0.25, 0.3) is 0 Å². The standard InChI is InChI=1S/C59H43NO/c1-3-38-19-5-6-20-41(38)42-36-35-40(37-39(42)4-2)60(53-31-15-10-23-45(53)46-26-17-34-56-57(46)48-25-11-16-33-55(48)61-56)54-32-18-30-52-58(54)47-24-9-14-29-51(47)59(52)49-27-12-7-21-43(49)44-22-8-13-28-50(44)59/h5-37H,3-4H2,1-2H3. The van der Waals surface area contributed by atoms with Crippen molar-refractivity contribution in [3.63, 3.8) is 0 Å². The number of benzene rings is 9. The van der Waals surface area contributed by atoms with E-state index in [9.17, 15) is 0 Å². The number of fused-ring (bicyclic) bond motifs is 13. The number of hydrogen-bond acceptors (Lipinski definition) is 2. The summed E-state index contributed by atoms with van der Waals surface area (Å²) in [7, 11) is 0. The average Bonchev–Trinajstić information content (AvgIpc) is 3.96. The zero-order valence-corrected chi connectivity index (χ0v) is 34.3. The first-order valence-electron chi connectivity index (χ1n) is 21.6. The Hall–Kier alpha value is -7.42. The zero-order chi connectivity index (χ0) is 40.7. The Morgan fingerprint density at radius 1 is 0.393 bits per heavy atom. The first kappa shape index (κ1) is 35.5. The van der Waals surface area contributed by atoms with Crippen LogP contribution in [0.1, 0.15) is 47.2 Å². The van der Waals surface area contributed by atoms with Crippen LogP contribution in [0, 0.1) is 0 Å². The van der Waals surface area contributed by atoms with Gasteiger partial charge in [-0.05, 0) is 116 Å². The number of para-hydroxylation sites is 2. The van der Waals surface area contributed by atoms with E-state index in [0.29, 0.717) is 0 Å². The quantitative estimate of drug-likeness (QED) is 0.160. The fourth-order valence-corrected chi connectivity index (χ4v) is 11.0. The van der Waals surface area contributed by atoms with Crippen LogP contribution in [0.25, 0.3) is 66.4 Å². The lowest BCUT2D eigenvalue weighted by Crippen LogP contribution is -2.26. The van der Waals surface area contributed by atoms with E-state index in [4.69, 9.17) is 4.42 Å². The third-order valence-corrected chi connectivity index (χ3v) is 13.5. The maximum atomic E-state index is 6.49. The molecule has 0 aliphatic heterocycles. The van der Waals surface area contributed by atoms with Crippen molar-refractivity contribution >= 4 is 39.0 Å². The maximum Gasteiger partial charge on any atom is 0.136 e. The van der Waals surface area contributed by atoms with Crippen LogP contribution in [0.3, 0.4) is 0 Å². The monoisotopic (exact) mass is 781 g/mol. The van der Waals surface area contributed by atoms with Crippen molar-refractivity contribution in [1.82, 2.24) is 0 Å². The third-order valence-electron chi connectivity index (χ3n) is 13.5. The number of rotatable bonds is 7. The summed E-state index contributed by atoms with van der Waals surface area (Å²) in [6.07, 6.45) is 1.89. The Morgan fingerprint density at radius 2 is 0.918 bits per heavy atom. The smallest absolute Gasteiger partial charge is 0.136 e. The summed E-state index contributed by atoms with van der Waals surface area (Å²) in [5, 5.41) is 2.25. The minimum Gasteiger partial charge on any atom is -0.456 e. The average molecular weight is 782 g/mol. The highest BCUT2D eigenvalue weighted by molar-refractivity contribution is 6.14. The Kier molecular flexibility index (Phi) is 8.05. The Bertz CT molecular complexity index is 3320. The molecule has 9 aromatic carbocycles. The third kappa shape index (κ3) is 5.03. The lowest BCUT2D eigenvalue weighted by molar-refractivity contribution is 0.669. The summed E-state index contributed by atoms with van der Waals surface area (Å²) < 4.78 is 6.49. The van der Waals surface area contributed by atoms with E-state index >= 15 is 0 Å². The second-order valence-electron chi connectivity index (χ2n) is 16.4. The summed E-state index contributed by atoms with van der Waals surface area (Å²) in [4.78, 5) is 2.55. The van der Waals surface area contributed by atoms with E-state index in [-0.39, 0.29) is 0 Å². The predicted octanol–water partition coefficient (Wildman–Crippen LogP) is 15.9. The van der Waals surface area contributed by atoms with Gasteiger partial charge in [-0.15, -0.1) is 0 Å². The molecule has 0 fully saturated rings. The number of anilines is 3. The second kappa shape index (κ2) is 13.8. The summed E-state index contributed by atoms with van der Waals surface area (Å²) in [5.74, 6) is 0. The van der Waals surface area contributed by atoms with Crippen molar-refractivity contribution in [1.29, 1.82) is 0 Å². The highest BCUT2D eigenvalue weighted by Gasteiger charge is 2.52. The van der Waals surface area contributed by atoms with Gasteiger partial charge in [0, 0.05) is 27.6 Å². The van der Waals surface area contributed by atoms with Crippen LogP contribution in [0.2, 0.25) is 0 Å². The van der Waals surface area contributed by atoms with Gasteiger partial charge in [-0.3, -0.25) is 0 Å². The number of furan rings is 1. The van der Waals surface area contributed by atoms with E-state index in [2.05, 4.69) is 219 Å². The van der Waals surface area contributed by atoms with Gasteiger partial charge in [-0.2, -0.15) is 0 Å².